The molecule has 3 atom stereocenters. The second-order valence-electron chi connectivity index (χ2n) is 6.70. The zero-order chi connectivity index (χ0) is 16.5. The lowest BCUT2D eigenvalue weighted by Crippen LogP contribution is -2.58. The van der Waals surface area contributed by atoms with Crippen LogP contribution < -0.4 is 11.5 Å². The molecule has 2 saturated heterocycles. The van der Waals surface area contributed by atoms with Gasteiger partial charge in [0.25, 0.3) is 0 Å². The van der Waals surface area contributed by atoms with Crippen LogP contribution in [0.1, 0.15) is 33.6 Å². The topological polar surface area (TPSA) is 108 Å². The highest BCUT2D eigenvalue weighted by Gasteiger charge is 2.53. The minimum atomic E-state index is -1.16. The molecule has 0 bridgehead atoms. The van der Waals surface area contributed by atoms with E-state index in [1.165, 1.54) is 0 Å². The van der Waals surface area contributed by atoms with E-state index >= 15 is 0 Å². The number of nitrogens with two attached hydrogens (primary N) is 2. The number of likely N-dealkylation sites (tertiary alicyclic amines) is 1. The number of carbonyl (C=O) groups is 2. The van der Waals surface area contributed by atoms with Crippen molar-refractivity contribution in [3.05, 3.63) is 0 Å². The molecular weight excluding hydrogens is 285 g/mol. The average molecular weight is 311 g/mol. The van der Waals surface area contributed by atoms with Gasteiger partial charge in [-0.2, -0.15) is 0 Å². The van der Waals surface area contributed by atoms with Crippen molar-refractivity contribution >= 4 is 19.0 Å². The monoisotopic (exact) mass is 311 g/mol. The fraction of sp³-hybridized carbons (Fsp3) is 0.857. The Bertz CT molecular complexity index is 446. The Labute approximate surface area is 131 Å². The van der Waals surface area contributed by atoms with Crippen molar-refractivity contribution < 1.29 is 18.9 Å². The summed E-state index contributed by atoms with van der Waals surface area (Å²) in [5.41, 5.74) is 10.8. The number of amides is 1. The van der Waals surface area contributed by atoms with E-state index in [1.54, 1.807) is 11.8 Å². The number of nitrogens with zero attached hydrogens (tertiary/aromatic N) is 1. The van der Waals surface area contributed by atoms with Crippen LogP contribution >= 0.6 is 0 Å². The van der Waals surface area contributed by atoms with Crippen molar-refractivity contribution in [2.24, 2.45) is 17.4 Å². The molecule has 2 aliphatic rings. The molecule has 0 aliphatic carbocycles. The van der Waals surface area contributed by atoms with E-state index in [0.29, 0.717) is 12.9 Å². The lowest BCUT2D eigenvalue weighted by Gasteiger charge is -2.32. The van der Waals surface area contributed by atoms with Crippen LogP contribution in [0.3, 0.4) is 0 Å². The Hall–Kier alpha value is -1.12. The minimum absolute atomic E-state index is 0.0264. The van der Waals surface area contributed by atoms with Gasteiger partial charge in [-0.15, -0.1) is 0 Å². The van der Waals surface area contributed by atoms with Crippen LogP contribution in [0, 0.1) is 5.92 Å². The van der Waals surface area contributed by atoms with Crippen LogP contribution in [-0.2, 0) is 18.9 Å². The average Bonchev–Trinajstić information content (AvgIpc) is 2.74. The van der Waals surface area contributed by atoms with Gasteiger partial charge in [-0.05, 0) is 33.5 Å². The Kier molecular flexibility index (Phi) is 5.14. The molecule has 2 fully saturated rings. The number of fused-ring (bicyclic) bond motifs is 1. The molecule has 124 valence electrons. The number of hydrogen-bond donors (Lipinski definition) is 2. The largest absolute Gasteiger partial charge is 0.527 e. The van der Waals surface area contributed by atoms with E-state index in [1.807, 2.05) is 13.8 Å². The highest BCUT2D eigenvalue weighted by molar-refractivity contribution is 6.47. The highest BCUT2D eigenvalue weighted by Crippen LogP contribution is 2.34. The molecule has 1 unspecified atom stereocenters. The Balaban J connectivity index is 2.12. The van der Waals surface area contributed by atoms with Gasteiger partial charge in [-0.3, -0.25) is 9.59 Å². The van der Waals surface area contributed by atoms with Gasteiger partial charge >= 0.3 is 13.1 Å². The third-order valence-electron chi connectivity index (χ3n) is 4.36. The van der Waals surface area contributed by atoms with Crippen molar-refractivity contribution in [3.8, 4) is 0 Å². The lowest BCUT2D eigenvalue weighted by atomic mass is 9.74. The fourth-order valence-corrected chi connectivity index (χ4v) is 3.19. The second-order valence-corrected chi connectivity index (χ2v) is 6.70. The van der Waals surface area contributed by atoms with E-state index in [4.69, 9.17) is 20.8 Å². The first kappa shape index (κ1) is 17.2. The summed E-state index contributed by atoms with van der Waals surface area (Å²) in [7, 11) is -0.563. The molecule has 4 N–H and O–H groups in total. The first-order valence-corrected chi connectivity index (χ1v) is 7.94. The molecule has 0 aromatic carbocycles. The van der Waals surface area contributed by atoms with Crippen LogP contribution in [-0.4, -0.2) is 54.7 Å². The van der Waals surface area contributed by atoms with Gasteiger partial charge < -0.3 is 25.7 Å². The van der Waals surface area contributed by atoms with E-state index in [0.717, 1.165) is 12.8 Å². The molecular formula is C14H26BN3O4. The van der Waals surface area contributed by atoms with Crippen molar-refractivity contribution in [1.29, 1.82) is 0 Å². The summed E-state index contributed by atoms with van der Waals surface area (Å²) in [4.78, 5) is 26.2. The second kappa shape index (κ2) is 6.56. The Morgan fingerprint density at radius 2 is 2.18 bits per heavy atom. The summed E-state index contributed by atoms with van der Waals surface area (Å²) in [5, 5.41) is 0. The first-order valence-electron chi connectivity index (χ1n) is 7.94. The van der Waals surface area contributed by atoms with Gasteiger partial charge in [0, 0.05) is 25.1 Å². The van der Waals surface area contributed by atoms with E-state index in [2.05, 4.69) is 0 Å². The quantitative estimate of drug-likeness (QED) is 0.695. The summed E-state index contributed by atoms with van der Waals surface area (Å²) in [6.07, 6.45) is 2.24. The van der Waals surface area contributed by atoms with E-state index < -0.39 is 24.7 Å². The predicted molar refractivity (Wildman–Crippen MR) is 82.7 cm³/mol. The molecule has 0 radical (unpaired) electrons. The molecule has 8 heteroatoms. The van der Waals surface area contributed by atoms with Crippen LogP contribution in [0.15, 0.2) is 0 Å². The van der Waals surface area contributed by atoms with E-state index in [9.17, 15) is 9.59 Å². The standard InChI is InChI=1S/C14H26BN3O4/c1-9(2)21-15-6-4-5-11-7-18(12(19)10(3)16)8-14(11,17)13(20)22-15/h9-11H,4-8,16-17H2,1-3H3/t10?,11-,14-/m0/s1. The molecule has 0 aromatic heterocycles. The maximum atomic E-state index is 12.5. The normalized spacial score (nSPS) is 30.6. The first-order chi connectivity index (χ1) is 10.2. The smallest absolute Gasteiger partial charge is 0.508 e. The van der Waals surface area contributed by atoms with Crippen LogP contribution in [0.2, 0.25) is 6.32 Å². The van der Waals surface area contributed by atoms with Crippen molar-refractivity contribution in [3.63, 3.8) is 0 Å². The van der Waals surface area contributed by atoms with Crippen LogP contribution in [0.5, 0.6) is 0 Å². The third kappa shape index (κ3) is 3.44. The molecule has 2 aliphatic heterocycles. The van der Waals surface area contributed by atoms with Crippen molar-refractivity contribution in [2.45, 2.75) is 57.6 Å². The molecule has 0 saturated carbocycles. The molecule has 2 rings (SSSR count). The summed E-state index contributed by atoms with van der Waals surface area (Å²) in [5.74, 6) is -0.759. The van der Waals surface area contributed by atoms with Gasteiger partial charge in [0.05, 0.1) is 6.04 Å². The van der Waals surface area contributed by atoms with E-state index in [-0.39, 0.29) is 24.5 Å². The number of carbonyl (C=O) groups excluding carboxylic acids is 2. The lowest BCUT2D eigenvalue weighted by molar-refractivity contribution is -0.144. The molecule has 7 nitrogen and oxygen atoms in total. The van der Waals surface area contributed by atoms with Gasteiger partial charge in [0.1, 0.15) is 5.54 Å². The fourth-order valence-electron chi connectivity index (χ4n) is 3.19. The minimum Gasteiger partial charge on any atom is -0.508 e. The third-order valence-corrected chi connectivity index (χ3v) is 4.36. The van der Waals surface area contributed by atoms with Gasteiger partial charge in [0.2, 0.25) is 5.91 Å². The van der Waals surface area contributed by atoms with Crippen molar-refractivity contribution in [2.75, 3.05) is 13.1 Å². The maximum Gasteiger partial charge on any atom is 0.527 e. The summed E-state index contributed by atoms with van der Waals surface area (Å²) < 4.78 is 11.1. The van der Waals surface area contributed by atoms with Crippen LogP contribution in [0.25, 0.3) is 0 Å². The predicted octanol–water partition coefficient (Wildman–Crippen LogP) is -0.260. The number of hydrogen-bond acceptors (Lipinski definition) is 6. The molecule has 0 aromatic rings. The maximum absolute atomic E-state index is 12.5. The SMILES string of the molecule is CC(C)OB1CCC[C@H]2CN(C(=O)C(C)N)C[C@@]2(N)C(=O)O1. The molecule has 0 spiro atoms. The van der Waals surface area contributed by atoms with Crippen LogP contribution in [0.4, 0.5) is 0 Å². The summed E-state index contributed by atoms with van der Waals surface area (Å²) >= 11 is 0. The zero-order valence-corrected chi connectivity index (χ0v) is 13.6. The number of rotatable bonds is 3. The molecule has 1 amide bonds. The summed E-state index contributed by atoms with van der Waals surface area (Å²) in [6.45, 7) is 6.04. The summed E-state index contributed by atoms with van der Waals surface area (Å²) in [6, 6.07) is -0.596. The van der Waals surface area contributed by atoms with Gasteiger partial charge in [-0.1, -0.05) is 6.42 Å². The Morgan fingerprint density at radius 3 is 2.77 bits per heavy atom. The molecule has 22 heavy (non-hydrogen) atoms. The van der Waals surface area contributed by atoms with Gasteiger partial charge in [-0.25, -0.2) is 0 Å². The molecule has 2 heterocycles. The van der Waals surface area contributed by atoms with Crippen molar-refractivity contribution in [1.82, 2.24) is 4.90 Å². The zero-order valence-electron chi connectivity index (χ0n) is 13.6. The Morgan fingerprint density at radius 1 is 1.50 bits per heavy atom. The van der Waals surface area contributed by atoms with Gasteiger partial charge in [0.15, 0.2) is 0 Å². The highest BCUT2D eigenvalue weighted by atomic mass is 16.6.